The summed E-state index contributed by atoms with van der Waals surface area (Å²) < 4.78 is 8.24. The van der Waals surface area contributed by atoms with Gasteiger partial charge >= 0.3 is 0 Å². The molecular formula is C17H23N5O. The summed E-state index contributed by atoms with van der Waals surface area (Å²) in [6, 6.07) is 8.93. The Morgan fingerprint density at radius 2 is 2.04 bits per heavy atom. The SMILES string of the molecule is CC(c1nnnn1C1CC1)N1Cc2ccccc2OC(C)(C)C1. The summed E-state index contributed by atoms with van der Waals surface area (Å²) in [6.07, 6.45) is 2.37. The van der Waals surface area contributed by atoms with Crippen LogP contribution in [-0.2, 0) is 6.54 Å². The lowest BCUT2D eigenvalue weighted by Crippen LogP contribution is -2.42. The van der Waals surface area contributed by atoms with E-state index in [0.29, 0.717) is 6.04 Å². The highest BCUT2D eigenvalue weighted by Crippen LogP contribution is 2.38. The van der Waals surface area contributed by atoms with Gasteiger partial charge < -0.3 is 4.74 Å². The number of ether oxygens (including phenoxy) is 1. The van der Waals surface area contributed by atoms with Crippen molar-refractivity contribution < 1.29 is 4.74 Å². The van der Waals surface area contributed by atoms with Crippen molar-refractivity contribution in [1.82, 2.24) is 25.1 Å². The summed E-state index contributed by atoms with van der Waals surface area (Å²) in [5, 5.41) is 12.4. The fourth-order valence-electron chi connectivity index (χ4n) is 3.32. The van der Waals surface area contributed by atoms with Crippen LogP contribution in [-0.4, -0.2) is 37.3 Å². The Balaban J connectivity index is 1.66. The van der Waals surface area contributed by atoms with Gasteiger partial charge in [-0.2, -0.15) is 0 Å². The maximum atomic E-state index is 6.23. The Labute approximate surface area is 136 Å². The van der Waals surface area contributed by atoms with Crippen LogP contribution in [0.1, 0.15) is 57.1 Å². The molecule has 1 aromatic carbocycles. The van der Waals surface area contributed by atoms with Crippen molar-refractivity contribution in [3.8, 4) is 5.75 Å². The molecule has 0 saturated heterocycles. The molecule has 0 bridgehead atoms. The van der Waals surface area contributed by atoms with Crippen LogP contribution in [0.2, 0.25) is 0 Å². The lowest BCUT2D eigenvalue weighted by Gasteiger charge is -2.32. The summed E-state index contributed by atoms with van der Waals surface area (Å²) in [4.78, 5) is 2.41. The largest absolute Gasteiger partial charge is 0.486 e. The van der Waals surface area contributed by atoms with E-state index in [0.717, 1.165) is 24.7 Å². The van der Waals surface area contributed by atoms with Crippen molar-refractivity contribution in [3.63, 3.8) is 0 Å². The predicted octanol–water partition coefficient (Wildman–Crippen LogP) is 2.74. The zero-order chi connectivity index (χ0) is 16.0. The Hall–Kier alpha value is -1.95. The van der Waals surface area contributed by atoms with Crippen LogP contribution in [0.4, 0.5) is 0 Å². The van der Waals surface area contributed by atoms with Gasteiger partial charge in [0.25, 0.3) is 0 Å². The van der Waals surface area contributed by atoms with Gasteiger partial charge in [-0.05, 0) is 50.1 Å². The van der Waals surface area contributed by atoms with Crippen molar-refractivity contribution >= 4 is 0 Å². The maximum absolute atomic E-state index is 6.23. The van der Waals surface area contributed by atoms with Crippen LogP contribution >= 0.6 is 0 Å². The minimum Gasteiger partial charge on any atom is -0.486 e. The third kappa shape index (κ3) is 2.83. The summed E-state index contributed by atoms with van der Waals surface area (Å²) in [6.45, 7) is 8.14. The molecule has 0 N–H and O–H groups in total. The zero-order valence-corrected chi connectivity index (χ0v) is 13.9. The number of hydrogen-bond acceptors (Lipinski definition) is 5. The van der Waals surface area contributed by atoms with Gasteiger partial charge in [-0.3, -0.25) is 4.90 Å². The lowest BCUT2D eigenvalue weighted by molar-refractivity contribution is 0.0528. The smallest absolute Gasteiger partial charge is 0.168 e. The molecule has 122 valence electrons. The molecule has 4 rings (SSSR count). The Kier molecular flexibility index (Phi) is 3.37. The number of benzene rings is 1. The van der Waals surface area contributed by atoms with Crippen molar-refractivity contribution in [2.75, 3.05) is 6.54 Å². The Morgan fingerprint density at radius 1 is 1.26 bits per heavy atom. The van der Waals surface area contributed by atoms with Gasteiger partial charge in [0.2, 0.25) is 0 Å². The molecule has 1 atom stereocenters. The number of para-hydroxylation sites is 1. The number of hydrogen-bond donors (Lipinski definition) is 0. The van der Waals surface area contributed by atoms with E-state index >= 15 is 0 Å². The van der Waals surface area contributed by atoms with Crippen molar-refractivity contribution in [1.29, 1.82) is 0 Å². The average Bonchev–Trinajstić information content (AvgIpc) is 3.26. The number of aromatic nitrogens is 4. The first-order valence-electron chi connectivity index (χ1n) is 8.32. The van der Waals surface area contributed by atoms with Crippen LogP contribution in [0.25, 0.3) is 0 Å². The number of tetrazole rings is 1. The van der Waals surface area contributed by atoms with Crippen LogP contribution in [0.5, 0.6) is 5.75 Å². The molecule has 1 fully saturated rings. The molecular weight excluding hydrogens is 290 g/mol. The molecule has 23 heavy (non-hydrogen) atoms. The monoisotopic (exact) mass is 313 g/mol. The highest BCUT2D eigenvalue weighted by atomic mass is 16.5. The van der Waals surface area contributed by atoms with Crippen LogP contribution in [0, 0.1) is 0 Å². The summed E-state index contributed by atoms with van der Waals surface area (Å²) in [7, 11) is 0. The van der Waals surface area contributed by atoms with Gasteiger partial charge in [-0.25, -0.2) is 4.68 Å². The lowest BCUT2D eigenvalue weighted by atomic mass is 10.1. The third-order valence-corrected chi connectivity index (χ3v) is 4.65. The second-order valence-corrected chi connectivity index (χ2v) is 7.26. The highest BCUT2D eigenvalue weighted by Gasteiger charge is 2.35. The zero-order valence-electron chi connectivity index (χ0n) is 13.9. The number of rotatable bonds is 3. The summed E-state index contributed by atoms with van der Waals surface area (Å²) >= 11 is 0. The van der Waals surface area contributed by atoms with Crippen LogP contribution < -0.4 is 4.74 Å². The predicted molar refractivity (Wildman–Crippen MR) is 86.1 cm³/mol. The molecule has 1 aromatic heterocycles. The van der Waals surface area contributed by atoms with E-state index in [-0.39, 0.29) is 11.6 Å². The number of fused-ring (bicyclic) bond motifs is 1. The first-order chi connectivity index (χ1) is 11.0. The van der Waals surface area contributed by atoms with Crippen LogP contribution in [0.15, 0.2) is 24.3 Å². The Bertz CT molecular complexity index is 707. The standard InChI is InChI=1S/C17H23N5O/c1-12(16-18-19-20-22(16)14-8-9-14)21-10-13-6-4-5-7-15(13)23-17(2,3)11-21/h4-7,12,14H,8-11H2,1-3H3. The summed E-state index contributed by atoms with van der Waals surface area (Å²) in [5.74, 6) is 1.94. The normalized spacial score (nSPS) is 22.0. The minimum absolute atomic E-state index is 0.152. The third-order valence-electron chi connectivity index (χ3n) is 4.65. The molecule has 0 radical (unpaired) electrons. The van der Waals surface area contributed by atoms with Crippen molar-refractivity contribution in [3.05, 3.63) is 35.7 Å². The van der Waals surface area contributed by atoms with Gasteiger partial charge in [0, 0.05) is 18.7 Å². The van der Waals surface area contributed by atoms with E-state index in [2.05, 4.69) is 59.4 Å². The maximum Gasteiger partial charge on any atom is 0.168 e. The summed E-state index contributed by atoms with van der Waals surface area (Å²) in [5.41, 5.74) is 0.967. The van der Waals surface area contributed by atoms with E-state index in [9.17, 15) is 0 Å². The molecule has 2 heterocycles. The molecule has 1 aliphatic carbocycles. The van der Waals surface area contributed by atoms with Gasteiger partial charge in [0.15, 0.2) is 5.82 Å². The van der Waals surface area contributed by atoms with E-state index in [4.69, 9.17) is 4.74 Å². The topological polar surface area (TPSA) is 56.1 Å². The fraction of sp³-hybridized carbons (Fsp3) is 0.588. The van der Waals surface area contributed by atoms with Crippen LogP contribution in [0.3, 0.4) is 0 Å². The molecule has 1 saturated carbocycles. The molecule has 6 nitrogen and oxygen atoms in total. The van der Waals surface area contributed by atoms with Gasteiger partial charge in [0.1, 0.15) is 11.4 Å². The first kappa shape index (κ1) is 14.6. The Morgan fingerprint density at radius 3 is 2.83 bits per heavy atom. The van der Waals surface area contributed by atoms with Gasteiger partial charge in [-0.1, -0.05) is 18.2 Å². The highest BCUT2D eigenvalue weighted by molar-refractivity contribution is 5.34. The molecule has 0 spiro atoms. The van der Waals surface area contributed by atoms with E-state index < -0.39 is 0 Å². The van der Waals surface area contributed by atoms with E-state index in [1.54, 1.807) is 0 Å². The van der Waals surface area contributed by atoms with Crippen molar-refractivity contribution in [2.45, 2.75) is 57.8 Å². The second-order valence-electron chi connectivity index (χ2n) is 7.26. The second kappa shape index (κ2) is 5.30. The van der Waals surface area contributed by atoms with E-state index in [1.807, 2.05) is 10.7 Å². The molecule has 1 aliphatic heterocycles. The molecule has 2 aromatic rings. The first-order valence-corrected chi connectivity index (χ1v) is 8.32. The quantitative estimate of drug-likeness (QED) is 0.872. The van der Waals surface area contributed by atoms with Gasteiger partial charge in [0.05, 0.1) is 12.1 Å². The van der Waals surface area contributed by atoms with Crippen molar-refractivity contribution in [2.24, 2.45) is 0 Å². The number of nitrogens with zero attached hydrogens (tertiary/aromatic N) is 5. The molecule has 6 heteroatoms. The average molecular weight is 313 g/mol. The fourth-order valence-corrected chi connectivity index (χ4v) is 3.32. The molecule has 2 aliphatic rings. The van der Waals surface area contributed by atoms with E-state index in [1.165, 1.54) is 18.4 Å². The molecule has 0 amide bonds. The molecule has 1 unspecified atom stereocenters. The van der Waals surface area contributed by atoms with Gasteiger partial charge in [-0.15, -0.1) is 5.10 Å². The minimum atomic E-state index is -0.251.